The monoisotopic (exact) mass is 377 g/mol. The van der Waals surface area contributed by atoms with E-state index in [1.54, 1.807) is 17.5 Å². The van der Waals surface area contributed by atoms with Crippen molar-refractivity contribution in [2.75, 3.05) is 7.11 Å². The van der Waals surface area contributed by atoms with Crippen molar-refractivity contribution in [2.45, 2.75) is 6.54 Å². The second kappa shape index (κ2) is 6.95. The molecule has 10 heteroatoms. The summed E-state index contributed by atoms with van der Waals surface area (Å²) in [6, 6.07) is 7.65. The molecule has 0 atom stereocenters. The molecular weight excluding hydrogens is 366 g/mol. The molecule has 1 amide bonds. The van der Waals surface area contributed by atoms with Crippen LogP contribution in [0.25, 0.3) is 10.2 Å². The van der Waals surface area contributed by atoms with E-state index in [4.69, 9.17) is 0 Å². The zero-order valence-corrected chi connectivity index (χ0v) is 14.5. The van der Waals surface area contributed by atoms with Gasteiger partial charge in [0.05, 0.1) is 27.1 Å². The normalized spacial score (nSPS) is 11.6. The molecule has 0 aliphatic carbocycles. The molecule has 3 aromatic rings. The molecular formula is C15H11N3O5S2. The van der Waals surface area contributed by atoms with Crippen LogP contribution in [0.3, 0.4) is 0 Å². The molecule has 0 saturated carbocycles. The third-order valence-corrected chi connectivity index (χ3v) is 5.22. The van der Waals surface area contributed by atoms with Crippen molar-refractivity contribution in [3.63, 3.8) is 0 Å². The second-order valence-electron chi connectivity index (χ2n) is 4.85. The summed E-state index contributed by atoms with van der Waals surface area (Å²) in [5, 5.41) is 12.7. The minimum atomic E-state index is -0.511. The number of nitrogens with zero attached hydrogens (tertiary/aromatic N) is 3. The van der Waals surface area contributed by atoms with E-state index in [0.717, 1.165) is 11.3 Å². The van der Waals surface area contributed by atoms with E-state index in [9.17, 15) is 19.7 Å². The first-order valence-electron chi connectivity index (χ1n) is 6.97. The van der Waals surface area contributed by atoms with E-state index < -0.39 is 16.8 Å². The highest BCUT2D eigenvalue weighted by molar-refractivity contribution is 7.16. The Morgan fingerprint density at radius 3 is 2.80 bits per heavy atom. The minimum absolute atomic E-state index is 0.0740. The van der Waals surface area contributed by atoms with Crippen LogP contribution in [0.4, 0.5) is 5.69 Å². The Morgan fingerprint density at radius 2 is 2.16 bits per heavy atom. The number of non-ortho nitro benzene ring substituents is 1. The number of carbonyl (C=O) groups is 2. The van der Waals surface area contributed by atoms with Gasteiger partial charge in [0.15, 0.2) is 4.80 Å². The number of esters is 1. The van der Waals surface area contributed by atoms with E-state index in [1.807, 2.05) is 0 Å². The van der Waals surface area contributed by atoms with Crippen LogP contribution in [0.1, 0.15) is 9.67 Å². The van der Waals surface area contributed by atoms with Gasteiger partial charge in [-0.1, -0.05) is 17.4 Å². The highest BCUT2D eigenvalue weighted by Gasteiger charge is 2.15. The summed E-state index contributed by atoms with van der Waals surface area (Å²) >= 11 is 2.36. The third kappa shape index (κ3) is 3.49. The number of rotatable bonds is 4. The average molecular weight is 377 g/mol. The summed E-state index contributed by atoms with van der Waals surface area (Å²) in [6.07, 6.45) is 0. The fourth-order valence-electron chi connectivity index (χ4n) is 2.15. The van der Waals surface area contributed by atoms with Gasteiger partial charge in [0.25, 0.3) is 11.6 Å². The summed E-state index contributed by atoms with van der Waals surface area (Å²) in [4.78, 5) is 39.2. The topological polar surface area (TPSA) is 104 Å². The van der Waals surface area contributed by atoms with E-state index in [-0.39, 0.29) is 17.0 Å². The molecule has 8 nitrogen and oxygen atoms in total. The number of thiophene rings is 1. The van der Waals surface area contributed by atoms with Gasteiger partial charge in [0, 0.05) is 12.1 Å². The number of thiazole rings is 1. The molecule has 2 aromatic heterocycles. The van der Waals surface area contributed by atoms with Crippen LogP contribution in [0, 0.1) is 10.1 Å². The summed E-state index contributed by atoms with van der Waals surface area (Å²) in [5.41, 5.74) is 0.494. The molecule has 0 fully saturated rings. The van der Waals surface area contributed by atoms with E-state index in [1.165, 1.54) is 41.2 Å². The Labute approximate surface area is 148 Å². The highest BCUT2D eigenvalue weighted by atomic mass is 32.1. The van der Waals surface area contributed by atoms with Crippen molar-refractivity contribution < 1.29 is 19.2 Å². The predicted octanol–water partition coefficient (Wildman–Crippen LogP) is 2.59. The number of aromatic nitrogens is 1. The number of methoxy groups -OCH3 is 1. The lowest BCUT2D eigenvalue weighted by Gasteiger charge is -2.03. The van der Waals surface area contributed by atoms with Crippen molar-refractivity contribution in [1.82, 2.24) is 4.57 Å². The first-order chi connectivity index (χ1) is 12.0. The molecule has 0 spiro atoms. The lowest BCUT2D eigenvalue weighted by Crippen LogP contribution is -2.22. The summed E-state index contributed by atoms with van der Waals surface area (Å²) in [5.74, 6) is -0.947. The number of fused-ring (bicyclic) bond motifs is 1. The fraction of sp³-hybridized carbons (Fsp3) is 0.133. The van der Waals surface area contributed by atoms with Crippen LogP contribution >= 0.6 is 22.7 Å². The van der Waals surface area contributed by atoms with Crippen LogP contribution in [0.2, 0.25) is 0 Å². The SMILES string of the molecule is COC(=O)Cn1c(=NC(=O)c2cccs2)sc2cc([N+](=O)[O-])ccc21. The Kier molecular flexibility index (Phi) is 4.72. The van der Waals surface area contributed by atoms with E-state index >= 15 is 0 Å². The molecule has 0 radical (unpaired) electrons. The van der Waals surface area contributed by atoms with Gasteiger partial charge in [-0.05, 0) is 17.5 Å². The van der Waals surface area contributed by atoms with Gasteiger partial charge in [0.1, 0.15) is 6.54 Å². The van der Waals surface area contributed by atoms with Gasteiger partial charge in [-0.3, -0.25) is 19.7 Å². The van der Waals surface area contributed by atoms with Gasteiger partial charge in [-0.25, -0.2) is 0 Å². The molecule has 0 saturated heterocycles. The molecule has 1 aromatic carbocycles. The Bertz CT molecular complexity index is 1030. The number of nitro benzene ring substituents is 1. The molecule has 0 N–H and O–H groups in total. The second-order valence-corrected chi connectivity index (χ2v) is 6.81. The fourth-order valence-corrected chi connectivity index (χ4v) is 3.82. The number of amides is 1. The predicted molar refractivity (Wildman–Crippen MR) is 92.7 cm³/mol. The van der Waals surface area contributed by atoms with Crippen molar-refractivity contribution in [2.24, 2.45) is 4.99 Å². The molecule has 25 heavy (non-hydrogen) atoms. The number of ether oxygens (including phenoxy) is 1. The maximum atomic E-state index is 12.2. The van der Waals surface area contributed by atoms with Crippen LogP contribution in [-0.2, 0) is 16.1 Å². The molecule has 0 unspecified atom stereocenters. The molecule has 0 aliphatic heterocycles. The summed E-state index contributed by atoms with van der Waals surface area (Å²) in [6.45, 7) is -0.148. The van der Waals surface area contributed by atoms with Gasteiger partial charge in [-0.15, -0.1) is 11.3 Å². The maximum Gasteiger partial charge on any atom is 0.325 e. The van der Waals surface area contributed by atoms with Crippen LogP contribution < -0.4 is 4.80 Å². The quantitative estimate of drug-likeness (QED) is 0.395. The van der Waals surface area contributed by atoms with Gasteiger partial charge in [-0.2, -0.15) is 4.99 Å². The molecule has 128 valence electrons. The van der Waals surface area contributed by atoms with Crippen molar-refractivity contribution in [3.8, 4) is 0 Å². The van der Waals surface area contributed by atoms with Gasteiger partial charge in [0.2, 0.25) is 0 Å². The maximum absolute atomic E-state index is 12.2. The molecule has 2 heterocycles. The number of hydrogen-bond donors (Lipinski definition) is 0. The molecule has 0 bridgehead atoms. The zero-order chi connectivity index (χ0) is 18.0. The smallest absolute Gasteiger partial charge is 0.325 e. The van der Waals surface area contributed by atoms with Gasteiger partial charge >= 0.3 is 5.97 Å². The zero-order valence-electron chi connectivity index (χ0n) is 12.9. The standard InChI is InChI=1S/C15H11N3O5S2/c1-23-13(19)8-17-10-5-4-9(18(21)22)7-12(10)25-15(17)16-14(20)11-3-2-6-24-11/h2-7H,8H2,1H3. The van der Waals surface area contributed by atoms with Crippen molar-refractivity contribution >= 4 is 50.5 Å². The van der Waals surface area contributed by atoms with Gasteiger partial charge < -0.3 is 9.30 Å². The van der Waals surface area contributed by atoms with Crippen LogP contribution in [0.15, 0.2) is 40.7 Å². The lowest BCUT2D eigenvalue weighted by atomic mass is 10.3. The number of carbonyl (C=O) groups excluding carboxylic acids is 2. The first-order valence-corrected chi connectivity index (χ1v) is 8.66. The van der Waals surface area contributed by atoms with Crippen LogP contribution in [0.5, 0.6) is 0 Å². The average Bonchev–Trinajstić information content (AvgIpc) is 3.23. The summed E-state index contributed by atoms with van der Waals surface area (Å²) < 4.78 is 6.75. The highest BCUT2D eigenvalue weighted by Crippen LogP contribution is 2.23. The third-order valence-electron chi connectivity index (χ3n) is 3.32. The van der Waals surface area contributed by atoms with E-state index in [2.05, 4.69) is 9.73 Å². The first kappa shape index (κ1) is 17.0. The summed E-state index contributed by atoms with van der Waals surface area (Å²) in [7, 11) is 1.26. The minimum Gasteiger partial charge on any atom is -0.468 e. The molecule has 3 rings (SSSR count). The van der Waals surface area contributed by atoms with E-state index in [0.29, 0.717) is 15.1 Å². The van der Waals surface area contributed by atoms with Crippen molar-refractivity contribution in [3.05, 3.63) is 55.5 Å². The Hall–Kier alpha value is -2.85. The molecule has 0 aliphatic rings. The van der Waals surface area contributed by atoms with Crippen LogP contribution in [-0.4, -0.2) is 28.5 Å². The Balaban J connectivity index is 2.17. The number of nitro groups is 1. The number of benzene rings is 1. The van der Waals surface area contributed by atoms with Crippen molar-refractivity contribution in [1.29, 1.82) is 0 Å². The number of hydrogen-bond acceptors (Lipinski definition) is 7. The lowest BCUT2D eigenvalue weighted by molar-refractivity contribution is -0.384. The largest absolute Gasteiger partial charge is 0.468 e. The Morgan fingerprint density at radius 1 is 1.36 bits per heavy atom.